The van der Waals surface area contributed by atoms with Crippen LogP contribution in [0.2, 0.25) is 5.02 Å². The summed E-state index contributed by atoms with van der Waals surface area (Å²) in [5, 5.41) is 0.719. The fraction of sp³-hybridized carbons (Fsp3) is 0.300. The van der Waals surface area contributed by atoms with Crippen molar-refractivity contribution < 1.29 is 0 Å². The standard InChI is InChI=1S/C10H12ClN3/c1-6(12)10-13-8-4-3-7(11)5-9(8)14(10)2/h3-6H,12H2,1-2H3. The van der Waals surface area contributed by atoms with Crippen LogP contribution in [0.5, 0.6) is 0 Å². The van der Waals surface area contributed by atoms with Gasteiger partial charge in [0.2, 0.25) is 0 Å². The van der Waals surface area contributed by atoms with E-state index in [1.165, 1.54) is 0 Å². The molecule has 74 valence electrons. The molecule has 1 unspecified atom stereocenters. The Hall–Kier alpha value is -1.06. The van der Waals surface area contributed by atoms with Crippen molar-refractivity contribution in [2.45, 2.75) is 13.0 Å². The van der Waals surface area contributed by atoms with Gasteiger partial charge < -0.3 is 10.3 Å². The van der Waals surface area contributed by atoms with Gasteiger partial charge in [-0.05, 0) is 25.1 Å². The first-order chi connectivity index (χ1) is 6.59. The van der Waals surface area contributed by atoms with Crippen LogP contribution in [0.3, 0.4) is 0 Å². The van der Waals surface area contributed by atoms with E-state index < -0.39 is 0 Å². The second kappa shape index (κ2) is 3.26. The van der Waals surface area contributed by atoms with Crippen LogP contribution in [0.1, 0.15) is 18.8 Å². The van der Waals surface area contributed by atoms with Gasteiger partial charge in [-0.1, -0.05) is 11.6 Å². The molecule has 2 rings (SSSR count). The summed E-state index contributed by atoms with van der Waals surface area (Å²) in [7, 11) is 1.95. The molecule has 0 bridgehead atoms. The third kappa shape index (κ3) is 1.38. The number of benzene rings is 1. The smallest absolute Gasteiger partial charge is 0.126 e. The minimum atomic E-state index is -0.0637. The van der Waals surface area contributed by atoms with E-state index in [1.54, 1.807) is 0 Å². The molecule has 0 aliphatic heterocycles. The van der Waals surface area contributed by atoms with Crippen LogP contribution in [0.15, 0.2) is 18.2 Å². The third-order valence-corrected chi connectivity index (χ3v) is 2.52. The lowest BCUT2D eigenvalue weighted by Gasteiger charge is -2.04. The first-order valence-corrected chi connectivity index (χ1v) is 4.85. The van der Waals surface area contributed by atoms with Gasteiger partial charge >= 0.3 is 0 Å². The molecule has 1 aromatic heterocycles. The number of nitrogens with zero attached hydrogens (tertiary/aromatic N) is 2. The Morgan fingerprint density at radius 3 is 2.86 bits per heavy atom. The molecule has 0 radical (unpaired) electrons. The number of aryl methyl sites for hydroxylation is 1. The lowest BCUT2D eigenvalue weighted by Crippen LogP contribution is -2.11. The third-order valence-electron chi connectivity index (χ3n) is 2.28. The summed E-state index contributed by atoms with van der Waals surface area (Å²) in [6.07, 6.45) is 0. The van der Waals surface area contributed by atoms with Gasteiger partial charge in [-0.2, -0.15) is 0 Å². The van der Waals surface area contributed by atoms with Gasteiger partial charge in [0.1, 0.15) is 5.82 Å². The normalized spacial score (nSPS) is 13.4. The van der Waals surface area contributed by atoms with Crippen LogP contribution in [0, 0.1) is 0 Å². The zero-order chi connectivity index (χ0) is 10.3. The molecule has 0 aliphatic carbocycles. The van der Waals surface area contributed by atoms with Crippen LogP contribution in [0.25, 0.3) is 11.0 Å². The second-order valence-corrected chi connectivity index (χ2v) is 3.89. The number of aromatic nitrogens is 2. The van der Waals surface area contributed by atoms with E-state index in [1.807, 2.05) is 36.7 Å². The molecule has 3 nitrogen and oxygen atoms in total. The summed E-state index contributed by atoms with van der Waals surface area (Å²) in [5.41, 5.74) is 7.75. The monoisotopic (exact) mass is 209 g/mol. The zero-order valence-corrected chi connectivity index (χ0v) is 8.92. The van der Waals surface area contributed by atoms with E-state index in [2.05, 4.69) is 4.98 Å². The molecule has 4 heteroatoms. The van der Waals surface area contributed by atoms with Crippen molar-refractivity contribution in [3.63, 3.8) is 0 Å². The molecular formula is C10H12ClN3. The lowest BCUT2D eigenvalue weighted by molar-refractivity contribution is 0.696. The average molecular weight is 210 g/mol. The molecule has 2 N–H and O–H groups in total. The van der Waals surface area contributed by atoms with Gasteiger partial charge in [-0.25, -0.2) is 4.98 Å². The minimum absolute atomic E-state index is 0.0637. The van der Waals surface area contributed by atoms with Crippen LogP contribution in [-0.2, 0) is 7.05 Å². The molecule has 1 aromatic carbocycles. The second-order valence-electron chi connectivity index (χ2n) is 3.45. The van der Waals surface area contributed by atoms with Gasteiger partial charge in [-0.15, -0.1) is 0 Å². The Bertz CT molecular complexity index is 473. The van der Waals surface area contributed by atoms with Crippen LogP contribution in [0.4, 0.5) is 0 Å². The number of imidazole rings is 1. The van der Waals surface area contributed by atoms with E-state index in [9.17, 15) is 0 Å². The van der Waals surface area contributed by atoms with Crippen LogP contribution in [-0.4, -0.2) is 9.55 Å². The van der Waals surface area contributed by atoms with Crippen molar-refractivity contribution in [1.29, 1.82) is 0 Å². The fourth-order valence-corrected chi connectivity index (χ4v) is 1.76. The predicted octanol–water partition coefficient (Wildman–Crippen LogP) is 2.25. The highest BCUT2D eigenvalue weighted by Gasteiger charge is 2.10. The molecule has 0 saturated heterocycles. The first-order valence-electron chi connectivity index (χ1n) is 4.47. The highest BCUT2D eigenvalue weighted by Crippen LogP contribution is 2.21. The predicted molar refractivity (Wildman–Crippen MR) is 58.3 cm³/mol. The van der Waals surface area contributed by atoms with E-state index >= 15 is 0 Å². The highest BCUT2D eigenvalue weighted by atomic mass is 35.5. The maximum atomic E-state index is 5.91. The summed E-state index contributed by atoms with van der Waals surface area (Å²) >= 11 is 5.91. The van der Waals surface area contributed by atoms with Gasteiger partial charge in [0.15, 0.2) is 0 Å². The molecule has 2 aromatic rings. The number of hydrogen-bond donors (Lipinski definition) is 1. The Balaban J connectivity index is 2.74. The SMILES string of the molecule is CC(N)c1nc2ccc(Cl)cc2n1C. The van der Waals surface area contributed by atoms with Crippen LogP contribution >= 0.6 is 11.6 Å². The molecule has 0 fully saturated rings. The maximum Gasteiger partial charge on any atom is 0.126 e. The van der Waals surface area contributed by atoms with Gasteiger partial charge in [-0.3, -0.25) is 0 Å². The summed E-state index contributed by atoms with van der Waals surface area (Å²) < 4.78 is 1.98. The lowest BCUT2D eigenvalue weighted by atomic mass is 10.3. The molecular weight excluding hydrogens is 198 g/mol. The van der Waals surface area contributed by atoms with E-state index in [-0.39, 0.29) is 6.04 Å². The molecule has 14 heavy (non-hydrogen) atoms. The molecule has 0 aliphatic rings. The van der Waals surface area contributed by atoms with Crippen molar-refractivity contribution in [1.82, 2.24) is 9.55 Å². The van der Waals surface area contributed by atoms with Gasteiger partial charge in [0, 0.05) is 12.1 Å². The number of nitrogens with two attached hydrogens (primary N) is 1. The maximum absolute atomic E-state index is 5.91. The molecule has 1 heterocycles. The summed E-state index contributed by atoms with van der Waals surface area (Å²) in [4.78, 5) is 4.43. The first kappa shape index (κ1) is 9.49. The Morgan fingerprint density at radius 2 is 2.21 bits per heavy atom. The van der Waals surface area contributed by atoms with E-state index in [4.69, 9.17) is 17.3 Å². The van der Waals surface area contributed by atoms with Crippen molar-refractivity contribution in [2.24, 2.45) is 12.8 Å². The quantitative estimate of drug-likeness (QED) is 0.783. The number of fused-ring (bicyclic) bond motifs is 1. The van der Waals surface area contributed by atoms with Crippen molar-refractivity contribution in [2.75, 3.05) is 0 Å². The molecule has 0 saturated carbocycles. The Kier molecular flexibility index (Phi) is 2.21. The average Bonchev–Trinajstić information content (AvgIpc) is 2.44. The summed E-state index contributed by atoms with van der Waals surface area (Å²) in [6.45, 7) is 1.92. The number of hydrogen-bond acceptors (Lipinski definition) is 2. The topological polar surface area (TPSA) is 43.8 Å². The van der Waals surface area contributed by atoms with Gasteiger partial charge in [0.05, 0.1) is 17.1 Å². The molecule has 0 amide bonds. The van der Waals surface area contributed by atoms with Gasteiger partial charge in [0.25, 0.3) is 0 Å². The van der Waals surface area contributed by atoms with E-state index in [0.717, 1.165) is 21.9 Å². The summed E-state index contributed by atoms with van der Waals surface area (Å²) in [6, 6.07) is 5.58. The number of halogens is 1. The van der Waals surface area contributed by atoms with E-state index in [0.29, 0.717) is 0 Å². The van der Waals surface area contributed by atoms with Crippen molar-refractivity contribution in [3.8, 4) is 0 Å². The largest absolute Gasteiger partial charge is 0.330 e. The summed E-state index contributed by atoms with van der Waals surface area (Å²) in [5.74, 6) is 0.877. The van der Waals surface area contributed by atoms with Crippen molar-refractivity contribution in [3.05, 3.63) is 29.0 Å². The Morgan fingerprint density at radius 1 is 1.50 bits per heavy atom. The minimum Gasteiger partial charge on any atom is -0.330 e. The molecule has 0 spiro atoms. The highest BCUT2D eigenvalue weighted by molar-refractivity contribution is 6.31. The fourth-order valence-electron chi connectivity index (χ4n) is 1.59. The number of rotatable bonds is 1. The zero-order valence-electron chi connectivity index (χ0n) is 8.16. The van der Waals surface area contributed by atoms with Crippen molar-refractivity contribution >= 4 is 22.6 Å². The molecule has 1 atom stereocenters. The Labute approximate surface area is 87.5 Å². The van der Waals surface area contributed by atoms with Crippen LogP contribution < -0.4 is 5.73 Å².